The highest BCUT2D eigenvalue weighted by Crippen LogP contribution is 2.21. The fourth-order valence-electron chi connectivity index (χ4n) is 1.99. The number of benzene rings is 1. The van der Waals surface area contributed by atoms with Crippen LogP contribution in [-0.2, 0) is 16.0 Å². The van der Waals surface area contributed by atoms with Crippen LogP contribution in [0.15, 0.2) is 24.4 Å². The van der Waals surface area contributed by atoms with Crippen molar-refractivity contribution < 1.29 is 14.7 Å². The molecule has 6 heteroatoms. The number of aromatic amines is 1. The lowest BCUT2D eigenvalue weighted by Crippen LogP contribution is -2.41. The molecule has 19 heavy (non-hydrogen) atoms. The SMILES string of the molecule is CC(=O)N[C@@H](Cc1c[nH]c2cc(I)ccc12)C(=O)O. The van der Waals surface area contributed by atoms with Crippen LogP contribution in [0.3, 0.4) is 0 Å². The summed E-state index contributed by atoms with van der Waals surface area (Å²) in [5.74, 6) is -1.38. The first-order chi connectivity index (χ1) is 8.97. The van der Waals surface area contributed by atoms with Crippen molar-refractivity contribution in [3.8, 4) is 0 Å². The van der Waals surface area contributed by atoms with E-state index < -0.39 is 12.0 Å². The first kappa shape index (κ1) is 13.9. The largest absolute Gasteiger partial charge is 0.480 e. The fourth-order valence-corrected chi connectivity index (χ4v) is 2.48. The summed E-state index contributed by atoms with van der Waals surface area (Å²) >= 11 is 2.22. The fraction of sp³-hybridized carbons (Fsp3) is 0.231. The summed E-state index contributed by atoms with van der Waals surface area (Å²) in [5.41, 5.74) is 1.85. The van der Waals surface area contributed by atoms with Gasteiger partial charge in [-0.3, -0.25) is 4.79 Å². The summed E-state index contributed by atoms with van der Waals surface area (Å²) in [4.78, 5) is 25.3. The van der Waals surface area contributed by atoms with E-state index in [2.05, 4.69) is 32.9 Å². The van der Waals surface area contributed by atoms with E-state index in [1.165, 1.54) is 6.92 Å². The van der Waals surface area contributed by atoms with Gasteiger partial charge in [-0.05, 0) is 40.3 Å². The number of hydrogen-bond acceptors (Lipinski definition) is 2. The minimum absolute atomic E-state index is 0.259. The van der Waals surface area contributed by atoms with E-state index in [9.17, 15) is 9.59 Å². The normalized spacial score (nSPS) is 12.3. The third-order valence-electron chi connectivity index (χ3n) is 2.83. The minimum atomic E-state index is -1.03. The number of carboxylic acids is 1. The van der Waals surface area contributed by atoms with E-state index in [0.29, 0.717) is 0 Å². The molecule has 0 fully saturated rings. The van der Waals surface area contributed by atoms with E-state index in [-0.39, 0.29) is 12.3 Å². The lowest BCUT2D eigenvalue weighted by Gasteiger charge is -2.12. The third kappa shape index (κ3) is 3.25. The summed E-state index contributed by atoms with van der Waals surface area (Å²) in [6.07, 6.45) is 2.05. The van der Waals surface area contributed by atoms with Gasteiger partial charge in [0.15, 0.2) is 0 Å². The number of rotatable bonds is 4. The number of nitrogens with one attached hydrogen (secondary N) is 2. The quantitative estimate of drug-likeness (QED) is 0.718. The first-order valence-corrected chi connectivity index (χ1v) is 6.80. The molecule has 100 valence electrons. The molecule has 0 aliphatic rings. The second-order valence-corrected chi connectivity index (χ2v) is 5.54. The molecule has 1 amide bonds. The van der Waals surface area contributed by atoms with E-state index in [1.807, 2.05) is 18.2 Å². The van der Waals surface area contributed by atoms with Crippen LogP contribution in [0.25, 0.3) is 10.9 Å². The van der Waals surface area contributed by atoms with E-state index in [0.717, 1.165) is 20.0 Å². The maximum atomic E-state index is 11.1. The smallest absolute Gasteiger partial charge is 0.326 e. The number of fused-ring (bicyclic) bond motifs is 1. The Labute approximate surface area is 123 Å². The summed E-state index contributed by atoms with van der Waals surface area (Å²) in [7, 11) is 0. The molecule has 1 aromatic carbocycles. The van der Waals surface area contributed by atoms with Crippen LogP contribution in [0.5, 0.6) is 0 Å². The third-order valence-corrected chi connectivity index (χ3v) is 3.50. The highest BCUT2D eigenvalue weighted by molar-refractivity contribution is 14.1. The van der Waals surface area contributed by atoms with Gasteiger partial charge in [-0.1, -0.05) is 6.07 Å². The van der Waals surface area contributed by atoms with Crippen LogP contribution in [-0.4, -0.2) is 28.0 Å². The molecular formula is C13H13IN2O3. The van der Waals surface area contributed by atoms with Crippen molar-refractivity contribution in [1.82, 2.24) is 10.3 Å². The Morgan fingerprint density at radius 3 is 2.84 bits per heavy atom. The molecule has 1 heterocycles. The van der Waals surface area contributed by atoms with Crippen LogP contribution in [0.2, 0.25) is 0 Å². The molecule has 0 saturated heterocycles. The van der Waals surface area contributed by atoms with Crippen molar-refractivity contribution in [2.75, 3.05) is 0 Å². The Bertz CT molecular complexity index is 636. The molecule has 0 radical (unpaired) electrons. The monoisotopic (exact) mass is 372 g/mol. The Morgan fingerprint density at radius 1 is 1.47 bits per heavy atom. The van der Waals surface area contributed by atoms with Crippen molar-refractivity contribution in [3.05, 3.63) is 33.5 Å². The number of hydrogen-bond donors (Lipinski definition) is 3. The van der Waals surface area contributed by atoms with Gasteiger partial charge in [0.25, 0.3) is 0 Å². The molecule has 3 N–H and O–H groups in total. The Kier molecular flexibility index (Phi) is 4.08. The summed E-state index contributed by atoms with van der Waals surface area (Å²) in [5, 5.41) is 12.5. The zero-order valence-corrected chi connectivity index (χ0v) is 12.4. The Morgan fingerprint density at radius 2 is 2.21 bits per heavy atom. The Hall–Kier alpha value is -1.57. The van der Waals surface area contributed by atoms with Gasteiger partial charge >= 0.3 is 5.97 Å². The van der Waals surface area contributed by atoms with Gasteiger partial charge in [0, 0.05) is 34.0 Å². The van der Waals surface area contributed by atoms with Crippen LogP contribution in [0.1, 0.15) is 12.5 Å². The number of aliphatic carboxylic acids is 1. The van der Waals surface area contributed by atoms with Crippen molar-refractivity contribution in [1.29, 1.82) is 0 Å². The summed E-state index contributed by atoms with van der Waals surface area (Å²) < 4.78 is 1.11. The first-order valence-electron chi connectivity index (χ1n) is 5.73. The zero-order valence-electron chi connectivity index (χ0n) is 10.2. The maximum Gasteiger partial charge on any atom is 0.326 e. The van der Waals surface area contributed by atoms with Crippen LogP contribution < -0.4 is 5.32 Å². The Balaban J connectivity index is 2.28. The predicted molar refractivity (Wildman–Crippen MR) is 80.0 cm³/mol. The lowest BCUT2D eigenvalue weighted by atomic mass is 10.1. The van der Waals surface area contributed by atoms with Gasteiger partial charge in [-0.25, -0.2) is 4.79 Å². The summed E-state index contributed by atoms with van der Waals surface area (Å²) in [6, 6.07) is 5.01. The molecule has 0 bridgehead atoms. The van der Waals surface area contributed by atoms with Crippen molar-refractivity contribution in [2.45, 2.75) is 19.4 Å². The summed E-state index contributed by atoms with van der Waals surface area (Å²) in [6.45, 7) is 1.31. The van der Waals surface area contributed by atoms with Crippen LogP contribution in [0.4, 0.5) is 0 Å². The molecule has 0 spiro atoms. The molecule has 0 saturated carbocycles. The number of carbonyl (C=O) groups is 2. The van der Waals surface area contributed by atoms with Gasteiger partial charge in [0.2, 0.25) is 5.91 Å². The van der Waals surface area contributed by atoms with E-state index in [1.54, 1.807) is 6.20 Å². The van der Waals surface area contributed by atoms with Gasteiger partial charge in [-0.15, -0.1) is 0 Å². The molecule has 0 aliphatic carbocycles. The van der Waals surface area contributed by atoms with Gasteiger partial charge in [-0.2, -0.15) is 0 Å². The number of H-pyrrole nitrogens is 1. The second-order valence-electron chi connectivity index (χ2n) is 4.30. The number of carbonyl (C=O) groups excluding carboxylic acids is 1. The van der Waals surface area contributed by atoms with E-state index >= 15 is 0 Å². The standard InChI is InChI=1S/C13H13IN2O3/c1-7(17)16-12(13(18)19)4-8-6-15-11-5-9(14)2-3-10(8)11/h2-3,5-6,12,15H,4H2,1H3,(H,16,17)(H,18,19)/t12-/m0/s1. The van der Waals surface area contributed by atoms with Crippen LogP contribution >= 0.6 is 22.6 Å². The number of aromatic nitrogens is 1. The van der Waals surface area contributed by atoms with Crippen molar-refractivity contribution in [2.24, 2.45) is 0 Å². The number of carboxylic acid groups (broad SMARTS) is 1. The highest BCUT2D eigenvalue weighted by Gasteiger charge is 2.20. The van der Waals surface area contributed by atoms with Crippen LogP contribution in [0, 0.1) is 3.57 Å². The van der Waals surface area contributed by atoms with Crippen molar-refractivity contribution >= 4 is 45.4 Å². The molecule has 1 atom stereocenters. The minimum Gasteiger partial charge on any atom is -0.480 e. The van der Waals surface area contributed by atoms with Gasteiger partial charge < -0.3 is 15.4 Å². The molecular weight excluding hydrogens is 359 g/mol. The molecule has 5 nitrogen and oxygen atoms in total. The van der Waals surface area contributed by atoms with Gasteiger partial charge in [0.1, 0.15) is 6.04 Å². The predicted octanol–water partition coefficient (Wildman–Crippen LogP) is 1.90. The topological polar surface area (TPSA) is 82.2 Å². The maximum absolute atomic E-state index is 11.1. The molecule has 1 aromatic heterocycles. The zero-order chi connectivity index (χ0) is 14.0. The number of halogens is 1. The average molecular weight is 372 g/mol. The second kappa shape index (κ2) is 5.60. The average Bonchev–Trinajstić information content (AvgIpc) is 2.70. The molecule has 0 aliphatic heterocycles. The number of amides is 1. The lowest BCUT2D eigenvalue weighted by molar-refractivity contribution is -0.141. The molecule has 0 unspecified atom stereocenters. The molecule has 2 aromatic rings. The highest BCUT2D eigenvalue weighted by atomic mass is 127. The molecule has 2 rings (SSSR count). The van der Waals surface area contributed by atoms with E-state index in [4.69, 9.17) is 5.11 Å². The van der Waals surface area contributed by atoms with Crippen molar-refractivity contribution in [3.63, 3.8) is 0 Å². The van der Waals surface area contributed by atoms with Gasteiger partial charge in [0.05, 0.1) is 0 Å².